The molecule has 2 aliphatic rings. The number of morpholine rings is 2. The molecule has 4 aromatic carbocycles. The molecule has 6 rings (SSSR count). The maximum atomic E-state index is 14.5. The van der Waals surface area contributed by atoms with Crippen molar-refractivity contribution in [3.05, 3.63) is 96.1 Å². The van der Waals surface area contributed by atoms with Crippen molar-refractivity contribution in [2.75, 3.05) is 76.6 Å². The lowest BCUT2D eigenvalue weighted by atomic mass is 9.89. The van der Waals surface area contributed by atoms with Crippen LogP contribution in [0.2, 0.25) is 0 Å². The number of rotatable bonds is 8. The van der Waals surface area contributed by atoms with Crippen LogP contribution in [-0.2, 0) is 9.47 Å². The molecule has 2 saturated heterocycles. The molecule has 0 saturated carbocycles. The Morgan fingerprint density at radius 1 is 0.571 bits per heavy atom. The van der Waals surface area contributed by atoms with Crippen LogP contribution in [0.1, 0.15) is 15.9 Å². The maximum Gasteiger partial charge on any atom is 0.194 e. The zero-order valence-corrected chi connectivity index (χ0v) is 24.2. The molecule has 0 bridgehead atoms. The molecule has 0 aliphatic carbocycles. The van der Waals surface area contributed by atoms with Gasteiger partial charge in [-0.25, -0.2) is 0 Å². The molecular weight excluding hydrogens is 528 g/mol. The highest BCUT2D eigenvalue weighted by molar-refractivity contribution is 6.16. The van der Waals surface area contributed by atoms with E-state index in [0.717, 1.165) is 71.3 Å². The second-order valence-corrected chi connectivity index (χ2v) is 10.4. The monoisotopic (exact) mass is 564 g/mol. The van der Waals surface area contributed by atoms with E-state index in [2.05, 4.69) is 34.1 Å². The van der Waals surface area contributed by atoms with Crippen LogP contribution in [0.15, 0.2) is 84.9 Å². The highest BCUT2D eigenvalue weighted by atomic mass is 16.5. The first kappa shape index (κ1) is 27.8. The van der Waals surface area contributed by atoms with Gasteiger partial charge in [0.15, 0.2) is 5.78 Å². The van der Waals surface area contributed by atoms with E-state index >= 15 is 0 Å². The molecule has 2 heterocycles. The highest BCUT2D eigenvalue weighted by Crippen LogP contribution is 2.36. The van der Waals surface area contributed by atoms with Crippen LogP contribution < -0.4 is 19.3 Å². The van der Waals surface area contributed by atoms with Crippen molar-refractivity contribution < 1.29 is 23.7 Å². The van der Waals surface area contributed by atoms with E-state index in [9.17, 15) is 4.79 Å². The second-order valence-electron chi connectivity index (χ2n) is 10.4. The van der Waals surface area contributed by atoms with Gasteiger partial charge in [0, 0.05) is 48.7 Å². The van der Waals surface area contributed by atoms with Gasteiger partial charge < -0.3 is 28.7 Å². The van der Waals surface area contributed by atoms with Gasteiger partial charge in [-0.1, -0.05) is 24.3 Å². The fraction of sp³-hybridized carbons (Fsp3) is 0.286. The lowest BCUT2D eigenvalue weighted by molar-refractivity contribution is 0.103. The van der Waals surface area contributed by atoms with Crippen LogP contribution >= 0.6 is 0 Å². The van der Waals surface area contributed by atoms with E-state index in [1.165, 1.54) is 0 Å². The first-order chi connectivity index (χ1) is 20.6. The first-order valence-corrected chi connectivity index (χ1v) is 14.4. The summed E-state index contributed by atoms with van der Waals surface area (Å²) >= 11 is 0. The molecule has 0 radical (unpaired) electrons. The number of carbonyl (C=O) groups is 1. The number of methoxy groups -OCH3 is 2. The molecule has 216 valence electrons. The standard InChI is InChI=1S/C35H36N2O5/c1-39-29-9-3-25(4-10-29)33-23-27(36-15-19-41-20-16-36)7-13-31(33)35(38)32-14-8-28(37-17-21-42-22-18-37)24-34(32)26-5-11-30(40-2)12-6-26/h3-14,23-24H,15-22H2,1-2H3. The Morgan fingerprint density at radius 3 is 1.31 bits per heavy atom. The highest BCUT2D eigenvalue weighted by Gasteiger charge is 2.23. The summed E-state index contributed by atoms with van der Waals surface area (Å²) in [6.07, 6.45) is 0. The van der Waals surface area contributed by atoms with Gasteiger partial charge in [-0.05, 0) is 82.9 Å². The van der Waals surface area contributed by atoms with E-state index in [1.54, 1.807) is 14.2 Å². The summed E-state index contributed by atoms with van der Waals surface area (Å²) in [4.78, 5) is 19.2. The quantitative estimate of drug-likeness (QED) is 0.246. The van der Waals surface area contributed by atoms with Crippen LogP contribution in [0.4, 0.5) is 11.4 Å². The van der Waals surface area contributed by atoms with Gasteiger partial charge in [0.2, 0.25) is 0 Å². The average molecular weight is 565 g/mol. The first-order valence-electron chi connectivity index (χ1n) is 14.4. The Hall–Kier alpha value is -4.33. The molecule has 0 spiro atoms. The Labute approximate surface area is 247 Å². The van der Waals surface area contributed by atoms with Crippen LogP contribution in [-0.4, -0.2) is 72.6 Å². The number of nitrogens with zero attached hydrogens (tertiary/aromatic N) is 2. The van der Waals surface area contributed by atoms with Gasteiger partial charge >= 0.3 is 0 Å². The minimum Gasteiger partial charge on any atom is -0.497 e. The summed E-state index contributed by atoms with van der Waals surface area (Å²) in [7, 11) is 3.31. The summed E-state index contributed by atoms with van der Waals surface area (Å²) in [6, 6.07) is 28.1. The number of ether oxygens (including phenoxy) is 4. The predicted molar refractivity (Wildman–Crippen MR) is 166 cm³/mol. The molecule has 4 aromatic rings. The third-order valence-electron chi connectivity index (χ3n) is 8.05. The molecule has 42 heavy (non-hydrogen) atoms. The molecule has 0 aromatic heterocycles. The number of hydrogen-bond donors (Lipinski definition) is 0. The van der Waals surface area contributed by atoms with Gasteiger partial charge in [0.1, 0.15) is 11.5 Å². The van der Waals surface area contributed by atoms with Gasteiger partial charge in [-0.15, -0.1) is 0 Å². The number of benzene rings is 4. The molecular formula is C35H36N2O5. The van der Waals surface area contributed by atoms with Gasteiger partial charge in [0.25, 0.3) is 0 Å². The van der Waals surface area contributed by atoms with E-state index in [4.69, 9.17) is 18.9 Å². The molecule has 7 heteroatoms. The van der Waals surface area contributed by atoms with Crippen LogP contribution in [0.3, 0.4) is 0 Å². The SMILES string of the molecule is COc1ccc(-c2cc(N3CCOCC3)ccc2C(=O)c2ccc(N3CCOCC3)cc2-c2ccc(OC)cc2)cc1. The van der Waals surface area contributed by atoms with Crippen molar-refractivity contribution in [1.82, 2.24) is 0 Å². The largest absolute Gasteiger partial charge is 0.497 e. The van der Waals surface area contributed by atoms with Crippen LogP contribution in [0.5, 0.6) is 11.5 Å². The molecule has 0 unspecified atom stereocenters. The number of anilines is 2. The zero-order valence-electron chi connectivity index (χ0n) is 24.2. The summed E-state index contributed by atoms with van der Waals surface area (Å²) in [5.41, 5.74) is 7.19. The fourth-order valence-electron chi connectivity index (χ4n) is 5.66. The third kappa shape index (κ3) is 5.84. The smallest absolute Gasteiger partial charge is 0.194 e. The van der Waals surface area contributed by atoms with E-state index in [0.29, 0.717) is 37.6 Å². The van der Waals surface area contributed by atoms with E-state index < -0.39 is 0 Å². The number of carbonyl (C=O) groups excluding carboxylic acids is 1. The fourth-order valence-corrected chi connectivity index (χ4v) is 5.66. The summed E-state index contributed by atoms with van der Waals surface area (Å²) in [5, 5.41) is 0. The minimum atomic E-state index is -0.0197. The molecule has 2 fully saturated rings. The van der Waals surface area contributed by atoms with Crippen molar-refractivity contribution in [2.45, 2.75) is 0 Å². The van der Waals surface area contributed by atoms with E-state index in [1.807, 2.05) is 60.7 Å². The van der Waals surface area contributed by atoms with Gasteiger partial charge in [-0.2, -0.15) is 0 Å². The molecule has 7 nitrogen and oxygen atoms in total. The van der Waals surface area contributed by atoms with Crippen molar-refractivity contribution >= 4 is 17.2 Å². The van der Waals surface area contributed by atoms with Crippen LogP contribution in [0.25, 0.3) is 22.3 Å². The number of hydrogen-bond acceptors (Lipinski definition) is 7. The van der Waals surface area contributed by atoms with Crippen molar-refractivity contribution in [1.29, 1.82) is 0 Å². The summed E-state index contributed by atoms with van der Waals surface area (Å²) < 4.78 is 22.0. The number of ketones is 1. The third-order valence-corrected chi connectivity index (χ3v) is 8.05. The topological polar surface area (TPSA) is 60.5 Å². The molecule has 2 aliphatic heterocycles. The van der Waals surface area contributed by atoms with E-state index in [-0.39, 0.29) is 5.78 Å². The summed E-state index contributed by atoms with van der Waals surface area (Å²) in [5.74, 6) is 1.53. The Balaban J connectivity index is 1.45. The Kier molecular flexibility index (Phi) is 8.40. The predicted octanol–water partition coefficient (Wildman–Crippen LogP) is 5.94. The zero-order chi connectivity index (χ0) is 28.9. The summed E-state index contributed by atoms with van der Waals surface area (Å²) in [6.45, 7) is 6.05. The Bertz CT molecular complexity index is 1410. The minimum absolute atomic E-state index is 0.0197. The Morgan fingerprint density at radius 2 is 0.952 bits per heavy atom. The maximum absolute atomic E-state index is 14.5. The molecule has 0 atom stereocenters. The normalized spacial score (nSPS) is 15.4. The molecule has 0 N–H and O–H groups in total. The molecule has 0 amide bonds. The van der Waals surface area contributed by atoms with Gasteiger partial charge in [-0.3, -0.25) is 4.79 Å². The average Bonchev–Trinajstić information content (AvgIpc) is 3.08. The lowest BCUT2D eigenvalue weighted by Gasteiger charge is -2.30. The van der Waals surface area contributed by atoms with Crippen molar-refractivity contribution in [3.63, 3.8) is 0 Å². The van der Waals surface area contributed by atoms with Gasteiger partial charge in [0.05, 0.1) is 40.6 Å². The van der Waals surface area contributed by atoms with Crippen molar-refractivity contribution in [3.8, 4) is 33.8 Å². The van der Waals surface area contributed by atoms with Crippen molar-refractivity contribution in [2.24, 2.45) is 0 Å². The van der Waals surface area contributed by atoms with Crippen LogP contribution in [0, 0.1) is 0 Å². The second kappa shape index (κ2) is 12.7. The lowest BCUT2D eigenvalue weighted by Crippen LogP contribution is -2.36.